The van der Waals surface area contributed by atoms with Crippen LogP contribution in [0.5, 0.6) is 5.75 Å². The van der Waals surface area contributed by atoms with Crippen molar-refractivity contribution >= 4 is 0 Å². The van der Waals surface area contributed by atoms with Gasteiger partial charge in [0, 0.05) is 5.75 Å². The van der Waals surface area contributed by atoms with Crippen molar-refractivity contribution in [2.45, 2.75) is 26.2 Å². The Hall–Kier alpha value is -0.947. The Kier molecular flexibility index (Phi) is 11.3. The fourth-order valence-electron chi connectivity index (χ4n) is 2.93. The molecule has 1 aliphatic rings. The van der Waals surface area contributed by atoms with Crippen LogP contribution in [0, 0.1) is 6.07 Å². The molecule has 4 heteroatoms. The molecular weight excluding hydrogens is 442 g/mol. The summed E-state index contributed by atoms with van der Waals surface area (Å²) < 4.78 is 5.18. The summed E-state index contributed by atoms with van der Waals surface area (Å²) in [6, 6.07) is 24.4. The summed E-state index contributed by atoms with van der Waals surface area (Å²) in [7, 11) is 1.68. The zero-order valence-corrected chi connectivity index (χ0v) is 19.2. The Morgan fingerprint density at radius 3 is 2.27 bits per heavy atom. The molecule has 0 radical (unpaired) electrons. The molecule has 134 valence electrons. The summed E-state index contributed by atoms with van der Waals surface area (Å²) in [6.07, 6.45) is 0.975. The van der Waals surface area contributed by atoms with E-state index in [0.29, 0.717) is 5.92 Å². The average Bonchev–Trinajstić information content (AvgIpc) is 3.22. The van der Waals surface area contributed by atoms with Gasteiger partial charge in [-0.3, -0.25) is 0 Å². The predicted molar refractivity (Wildman–Crippen MR) is 96.2 cm³/mol. The summed E-state index contributed by atoms with van der Waals surface area (Å²) in [5.41, 5.74) is 6.70. The third-order valence-electron chi connectivity index (χ3n) is 4.25. The first-order valence-corrected chi connectivity index (χ1v) is 8.08. The maximum absolute atomic E-state index is 5.18. The van der Waals surface area contributed by atoms with Crippen molar-refractivity contribution in [2.75, 3.05) is 7.11 Å². The minimum atomic E-state index is 0. The molecule has 0 saturated carbocycles. The minimum Gasteiger partial charge on any atom is -1.00 e. The number of ether oxygens (including phenoxy) is 1. The van der Waals surface area contributed by atoms with Crippen molar-refractivity contribution in [1.82, 2.24) is 0 Å². The molecular formula is C22H22Cl2OZr. The molecule has 0 heterocycles. The SMILES string of the molecule is CC(C)c1ccc[cH-]1.COc1[c-]c2c(cc1)-c1ccccc1C2.[Cl-].[Cl-].[Zr+4]. The van der Waals surface area contributed by atoms with Crippen molar-refractivity contribution in [1.29, 1.82) is 0 Å². The van der Waals surface area contributed by atoms with Crippen LogP contribution >= 0.6 is 0 Å². The molecule has 3 aromatic rings. The summed E-state index contributed by atoms with van der Waals surface area (Å²) in [5.74, 6) is 1.51. The first-order chi connectivity index (χ1) is 11.2. The Bertz CT molecular complexity index is 783. The summed E-state index contributed by atoms with van der Waals surface area (Å²) in [6.45, 7) is 4.41. The predicted octanol–water partition coefficient (Wildman–Crippen LogP) is -0.399. The van der Waals surface area contributed by atoms with Gasteiger partial charge in [0.1, 0.15) is 0 Å². The van der Waals surface area contributed by atoms with Gasteiger partial charge in [-0.1, -0.05) is 49.2 Å². The van der Waals surface area contributed by atoms with E-state index >= 15 is 0 Å². The maximum atomic E-state index is 5.18. The third kappa shape index (κ3) is 5.78. The van der Waals surface area contributed by atoms with Gasteiger partial charge in [0.2, 0.25) is 0 Å². The van der Waals surface area contributed by atoms with E-state index in [0.717, 1.165) is 12.2 Å². The Morgan fingerprint density at radius 1 is 0.962 bits per heavy atom. The zero-order chi connectivity index (χ0) is 16.2. The zero-order valence-electron chi connectivity index (χ0n) is 15.2. The van der Waals surface area contributed by atoms with Crippen LogP contribution in [0.3, 0.4) is 0 Å². The smallest absolute Gasteiger partial charge is 1.00 e. The van der Waals surface area contributed by atoms with Gasteiger partial charge < -0.3 is 29.6 Å². The number of rotatable bonds is 2. The average molecular weight is 465 g/mol. The first kappa shape index (κ1) is 25.1. The van der Waals surface area contributed by atoms with E-state index in [2.05, 4.69) is 74.5 Å². The summed E-state index contributed by atoms with van der Waals surface area (Å²) in [4.78, 5) is 0. The number of fused-ring (bicyclic) bond motifs is 3. The molecule has 0 N–H and O–H groups in total. The molecule has 0 saturated heterocycles. The fourth-order valence-corrected chi connectivity index (χ4v) is 2.93. The number of methoxy groups -OCH3 is 1. The summed E-state index contributed by atoms with van der Waals surface area (Å²) >= 11 is 0. The van der Waals surface area contributed by atoms with Gasteiger partial charge in [-0.25, -0.2) is 12.1 Å². The second kappa shape index (κ2) is 11.7. The largest absolute Gasteiger partial charge is 4.00 e. The number of hydrogen-bond donors (Lipinski definition) is 0. The molecule has 0 unspecified atom stereocenters. The van der Waals surface area contributed by atoms with E-state index in [4.69, 9.17) is 4.74 Å². The van der Waals surface area contributed by atoms with Gasteiger partial charge in [0.15, 0.2) is 0 Å². The van der Waals surface area contributed by atoms with Crippen molar-refractivity contribution in [3.63, 3.8) is 0 Å². The number of halogens is 2. The van der Waals surface area contributed by atoms with Crippen LogP contribution in [0.25, 0.3) is 11.1 Å². The Labute approximate surface area is 188 Å². The maximum Gasteiger partial charge on any atom is 4.00 e. The second-order valence-corrected chi connectivity index (χ2v) is 6.13. The number of benzene rings is 2. The first-order valence-electron chi connectivity index (χ1n) is 8.08. The van der Waals surface area contributed by atoms with Crippen LogP contribution < -0.4 is 29.6 Å². The van der Waals surface area contributed by atoms with Crippen molar-refractivity contribution in [3.05, 3.63) is 83.4 Å². The van der Waals surface area contributed by atoms with Crippen LogP contribution in [-0.4, -0.2) is 7.11 Å². The van der Waals surface area contributed by atoms with Crippen LogP contribution in [0.2, 0.25) is 0 Å². The fraction of sp³-hybridized carbons (Fsp3) is 0.227. The van der Waals surface area contributed by atoms with Gasteiger partial charge in [0.25, 0.3) is 0 Å². The number of hydrogen-bond acceptors (Lipinski definition) is 1. The second-order valence-electron chi connectivity index (χ2n) is 6.13. The molecule has 0 aliphatic heterocycles. The van der Waals surface area contributed by atoms with E-state index < -0.39 is 0 Å². The van der Waals surface area contributed by atoms with Gasteiger partial charge in [0.05, 0.1) is 7.11 Å². The molecule has 0 fully saturated rings. The topological polar surface area (TPSA) is 9.23 Å². The molecule has 0 atom stereocenters. The monoisotopic (exact) mass is 462 g/mol. The van der Waals surface area contributed by atoms with Crippen LogP contribution in [-0.2, 0) is 32.6 Å². The molecule has 1 nitrogen and oxygen atoms in total. The van der Waals surface area contributed by atoms with Gasteiger partial charge in [-0.15, -0.1) is 23.3 Å². The van der Waals surface area contributed by atoms with E-state index in [1.165, 1.54) is 27.8 Å². The van der Waals surface area contributed by atoms with Crippen LogP contribution in [0.4, 0.5) is 0 Å². The van der Waals surface area contributed by atoms with E-state index in [-0.39, 0.29) is 51.0 Å². The van der Waals surface area contributed by atoms with Crippen molar-refractivity contribution in [2.24, 2.45) is 0 Å². The normalized spacial score (nSPS) is 10.2. The van der Waals surface area contributed by atoms with Crippen LogP contribution in [0.1, 0.15) is 36.5 Å². The molecule has 0 amide bonds. The minimum absolute atomic E-state index is 0. The quantitative estimate of drug-likeness (QED) is 0.367. The Balaban J connectivity index is 0.000000497. The molecule has 0 spiro atoms. The standard InChI is InChI=1S/C14H11O.C8H11.2ClH.Zr/c1-15-12-6-7-14-11(9-12)8-10-4-2-3-5-13(10)14;1-7(2)8-5-3-4-6-8;;;/h2-7H,8H2,1H3;3-7H,1-2H3;2*1H;/q2*-1;;;+4/p-2. The van der Waals surface area contributed by atoms with Gasteiger partial charge in [-0.2, -0.15) is 23.8 Å². The van der Waals surface area contributed by atoms with Crippen molar-refractivity contribution < 1.29 is 55.8 Å². The molecule has 26 heavy (non-hydrogen) atoms. The van der Waals surface area contributed by atoms with Crippen molar-refractivity contribution in [3.8, 4) is 16.9 Å². The van der Waals surface area contributed by atoms with E-state index in [1.807, 2.05) is 6.07 Å². The Morgan fingerprint density at radius 2 is 1.69 bits per heavy atom. The third-order valence-corrected chi connectivity index (χ3v) is 4.25. The van der Waals surface area contributed by atoms with Gasteiger partial charge >= 0.3 is 26.2 Å². The summed E-state index contributed by atoms with van der Waals surface area (Å²) in [5, 5.41) is 0. The van der Waals surface area contributed by atoms with Crippen LogP contribution in [0.15, 0.2) is 60.7 Å². The molecule has 3 aromatic carbocycles. The van der Waals surface area contributed by atoms with E-state index in [1.54, 1.807) is 7.11 Å². The molecule has 1 aliphatic carbocycles. The van der Waals surface area contributed by atoms with E-state index in [9.17, 15) is 0 Å². The molecule has 0 aromatic heterocycles. The van der Waals surface area contributed by atoms with Gasteiger partial charge in [-0.05, 0) is 12.3 Å². The molecule has 4 rings (SSSR count). The molecule has 0 bridgehead atoms.